The minimum atomic E-state index is -0.105. The summed E-state index contributed by atoms with van der Waals surface area (Å²) in [6, 6.07) is 52.6. The number of halogens is 1. The van der Waals surface area contributed by atoms with Gasteiger partial charge in [0.1, 0.15) is 0 Å². The van der Waals surface area contributed by atoms with Gasteiger partial charge in [0.2, 0.25) is 0 Å². The number of rotatable bonds is 5. The van der Waals surface area contributed by atoms with Crippen LogP contribution >= 0.6 is 15.9 Å². The van der Waals surface area contributed by atoms with E-state index in [4.69, 9.17) is 0 Å². The normalized spacial score (nSPS) is 13.0. The summed E-state index contributed by atoms with van der Waals surface area (Å²) in [7, 11) is 0. The first-order chi connectivity index (χ1) is 20.0. The topological polar surface area (TPSA) is 3.24 Å². The SMILES string of the molecule is CC1(C)c2cc(Br)ccc2-c2ccc(N(c3ccc(-c4ccccc4)cc3)c3ccccc3-c3ccccc3)cc21. The zero-order valence-corrected chi connectivity index (χ0v) is 24.8. The van der Waals surface area contributed by atoms with Crippen molar-refractivity contribution >= 4 is 33.0 Å². The van der Waals surface area contributed by atoms with Crippen LogP contribution in [0.1, 0.15) is 25.0 Å². The van der Waals surface area contributed by atoms with Crippen LogP contribution in [0.5, 0.6) is 0 Å². The van der Waals surface area contributed by atoms with Gasteiger partial charge in [-0.15, -0.1) is 0 Å². The highest BCUT2D eigenvalue weighted by atomic mass is 79.9. The summed E-state index contributed by atoms with van der Waals surface area (Å²) in [6.45, 7) is 4.68. The maximum atomic E-state index is 3.70. The van der Waals surface area contributed by atoms with Crippen molar-refractivity contribution in [1.82, 2.24) is 0 Å². The van der Waals surface area contributed by atoms with Gasteiger partial charge in [-0.25, -0.2) is 0 Å². The number of nitrogens with zero attached hydrogens (tertiary/aromatic N) is 1. The van der Waals surface area contributed by atoms with Crippen LogP contribution in [0.3, 0.4) is 0 Å². The van der Waals surface area contributed by atoms with Gasteiger partial charge in [0.15, 0.2) is 0 Å². The molecule has 0 saturated heterocycles. The Morgan fingerprint density at radius 2 is 1.00 bits per heavy atom. The Balaban J connectivity index is 1.41. The fraction of sp³-hybridized carbons (Fsp3) is 0.0769. The average Bonchev–Trinajstić information content (AvgIpc) is 3.24. The highest BCUT2D eigenvalue weighted by molar-refractivity contribution is 9.10. The van der Waals surface area contributed by atoms with E-state index in [1.165, 1.54) is 44.5 Å². The van der Waals surface area contributed by atoms with E-state index in [0.29, 0.717) is 0 Å². The molecule has 0 bridgehead atoms. The zero-order valence-electron chi connectivity index (χ0n) is 23.2. The zero-order chi connectivity index (χ0) is 28.0. The first-order valence-corrected chi connectivity index (χ1v) is 14.8. The van der Waals surface area contributed by atoms with Crippen LogP contribution in [-0.4, -0.2) is 0 Å². The number of hydrogen-bond acceptors (Lipinski definition) is 1. The number of benzene rings is 6. The molecule has 0 spiro atoms. The maximum Gasteiger partial charge on any atom is 0.0540 e. The molecule has 0 amide bonds. The van der Waals surface area contributed by atoms with Gasteiger partial charge in [-0.1, -0.05) is 133 Å². The van der Waals surface area contributed by atoms with E-state index in [1.807, 2.05) is 0 Å². The second kappa shape index (κ2) is 10.2. The van der Waals surface area contributed by atoms with Crippen LogP contribution in [0.2, 0.25) is 0 Å². The molecule has 0 atom stereocenters. The third-order valence-electron chi connectivity index (χ3n) is 8.34. The summed E-state index contributed by atoms with van der Waals surface area (Å²) < 4.78 is 1.12. The molecule has 7 rings (SSSR count). The molecule has 1 nitrogen and oxygen atoms in total. The summed E-state index contributed by atoms with van der Waals surface area (Å²) in [5, 5.41) is 0. The molecular formula is C39H30BrN. The van der Waals surface area contributed by atoms with E-state index in [2.05, 4.69) is 180 Å². The van der Waals surface area contributed by atoms with Crippen molar-refractivity contribution in [3.05, 3.63) is 161 Å². The third-order valence-corrected chi connectivity index (χ3v) is 8.84. The van der Waals surface area contributed by atoms with Crippen molar-refractivity contribution in [2.24, 2.45) is 0 Å². The van der Waals surface area contributed by atoms with Crippen molar-refractivity contribution in [2.45, 2.75) is 19.3 Å². The van der Waals surface area contributed by atoms with Crippen LogP contribution in [-0.2, 0) is 5.41 Å². The number of fused-ring (bicyclic) bond motifs is 3. The quantitative estimate of drug-likeness (QED) is 0.193. The van der Waals surface area contributed by atoms with Crippen molar-refractivity contribution < 1.29 is 0 Å². The van der Waals surface area contributed by atoms with E-state index < -0.39 is 0 Å². The van der Waals surface area contributed by atoms with Crippen LogP contribution < -0.4 is 4.90 Å². The lowest BCUT2D eigenvalue weighted by atomic mass is 9.82. The molecule has 0 fully saturated rings. The summed E-state index contributed by atoms with van der Waals surface area (Å²) in [5.41, 5.74) is 13.5. The molecule has 6 aromatic rings. The lowest BCUT2D eigenvalue weighted by Gasteiger charge is -2.30. The molecule has 0 heterocycles. The first kappa shape index (κ1) is 25.6. The fourth-order valence-corrected chi connectivity index (χ4v) is 6.59. The molecule has 0 unspecified atom stereocenters. The highest BCUT2D eigenvalue weighted by Crippen LogP contribution is 2.51. The van der Waals surface area contributed by atoms with E-state index in [0.717, 1.165) is 21.5 Å². The number of anilines is 3. The summed E-state index contributed by atoms with van der Waals surface area (Å²) in [4.78, 5) is 2.41. The standard InChI is InChI=1S/C39H30BrN/c1-39(2)36-25-30(40)19-23-34(36)35-24-22-32(26-37(35)39)41(31-20-17-28(18-21-31)27-11-5-3-6-12-27)38-16-10-9-15-33(38)29-13-7-4-8-14-29/h3-26H,1-2H3. The molecule has 1 aliphatic rings. The largest absolute Gasteiger partial charge is 0.310 e. The lowest BCUT2D eigenvalue weighted by Crippen LogP contribution is -2.17. The Kier molecular flexibility index (Phi) is 6.37. The predicted octanol–water partition coefficient (Wildman–Crippen LogP) is 11.6. The minimum absolute atomic E-state index is 0.105. The Hall–Kier alpha value is -4.40. The van der Waals surface area contributed by atoms with Gasteiger partial charge >= 0.3 is 0 Å². The third kappa shape index (κ3) is 4.49. The monoisotopic (exact) mass is 591 g/mol. The molecule has 0 saturated carbocycles. The second-order valence-electron chi connectivity index (χ2n) is 11.2. The van der Waals surface area contributed by atoms with Gasteiger partial charge in [-0.05, 0) is 81.4 Å². The Labute approximate surface area is 250 Å². The van der Waals surface area contributed by atoms with E-state index in [-0.39, 0.29) is 5.41 Å². The Morgan fingerprint density at radius 1 is 0.463 bits per heavy atom. The van der Waals surface area contributed by atoms with Crippen LogP contribution in [0.4, 0.5) is 17.1 Å². The lowest BCUT2D eigenvalue weighted by molar-refractivity contribution is 0.660. The van der Waals surface area contributed by atoms with Crippen molar-refractivity contribution in [2.75, 3.05) is 4.90 Å². The molecule has 1 aliphatic carbocycles. The van der Waals surface area contributed by atoms with E-state index in [9.17, 15) is 0 Å². The van der Waals surface area contributed by atoms with Gasteiger partial charge < -0.3 is 4.90 Å². The molecule has 198 valence electrons. The smallest absolute Gasteiger partial charge is 0.0540 e. The molecular weight excluding hydrogens is 562 g/mol. The van der Waals surface area contributed by atoms with Crippen molar-refractivity contribution in [1.29, 1.82) is 0 Å². The minimum Gasteiger partial charge on any atom is -0.310 e. The van der Waals surface area contributed by atoms with Crippen LogP contribution in [0.15, 0.2) is 150 Å². The maximum absolute atomic E-state index is 3.70. The molecule has 0 aromatic heterocycles. The highest BCUT2D eigenvalue weighted by Gasteiger charge is 2.36. The predicted molar refractivity (Wildman–Crippen MR) is 177 cm³/mol. The van der Waals surface area contributed by atoms with Gasteiger partial charge in [0, 0.05) is 26.8 Å². The van der Waals surface area contributed by atoms with Crippen LogP contribution in [0.25, 0.3) is 33.4 Å². The van der Waals surface area contributed by atoms with Crippen LogP contribution in [0, 0.1) is 0 Å². The molecule has 0 N–H and O–H groups in total. The van der Waals surface area contributed by atoms with Gasteiger partial charge in [-0.3, -0.25) is 0 Å². The fourth-order valence-electron chi connectivity index (χ4n) is 6.23. The average molecular weight is 593 g/mol. The molecule has 41 heavy (non-hydrogen) atoms. The summed E-state index contributed by atoms with van der Waals surface area (Å²) in [6.07, 6.45) is 0. The van der Waals surface area contributed by atoms with E-state index in [1.54, 1.807) is 0 Å². The second-order valence-corrected chi connectivity index (χ2v) is 12.1. The first-order valence-electron chi connectivity index (χ1n) is 14.1. The summed E-state index contributed by atoms with van der Waals surface area (Å²) in [5.74, 6) is 0. The Bertz CT molecular complexity index is 1850. The van der Waals surface area contributed by atoms with Gasteiger partial charge in [-0.2, -0.15) is 0 Å². The molecule has 6 aromatic carbocycles. The molecule has 0 radical (unpaired) electrons. The molecule has 2 heteroatoms. The van der Waals surface area contributed by atoms with Gasteiger partial charge in [0.25, 0.3) is 0 Å². The summed E-state index contributed by atoms with van der Waals surface area (Å²) >= 11 is 3.70. The number of para-hydroxylation sites is 1. The van der Waals surface area contributed by atoms with Crippen molar-refractivity contribution in [3.63, 3.8) is 0 Å². The van der Waals surface area contributed by atoms with Gasteiger partial charge in [0.05, 0.1) is 5.69 Å². The van der Waals surface area contributed by atoms with E-state index >= 15 is 0 Å². The molecule has 0 aliphatic heterocycles. The number of hydrogen-bond donors (Lipinski definition) is 0. The van der Waals surface area contributed by atoms with Crippen molar-refractivity contribution in [3.8, 4) is 33.4 Å². The Morgan fingerprint density at radius 3 is 1.71 bits per heavy atom.